The molecule has 7 aromatic rings. The number of aromatic nitrogens is 7. The first-order chi connectivity index (χ1) is 20.7. The predicted molar refractivity (Wildman–Crippen MR) is 164 cm³/mol. The van der Waals surface area contributed by atoms with Gasteiger partial charge in [0, 0.05) is 29.7 Å². The summed E-state index contributed by atoms with van der Waals surface area (Å²) < 4.78 is 8.20. The first-order valence-corrected chi connectivity index (χ1v) is 14.1. The first-order valence-electron chi connectivity index (χ1n) is 14.1. The molecule has 7 rings (SSSR count). The molecule has 0 atom stereocenters. The Balaban J connectivity index is 1.24. The molecule has 3 heterocycles. The summed E-state index contributed by atoms with van der Waals surface area (Å²) in [6, 6.07) is 31.2. The summed E-state index contributed by atoms with van der Waals surface area (Å²) >= 11 is 0. The number of hydrogen-bond acceptors (Lipinski definition) is 6. The van der Waals surface area contributed by atoms with Crippen LogP contribution >= 0.6 is 0 Å². The van der Waals surface area contributed by atoms with Gasteiger partial charge in [-0.3, -0.25) is 0 Å². The average Bonchev–Trinajstić information content (AvgIpc) is 3.80. The highest BCUT2D eigenvalue weighted by molar-refractivity contribution is 5.85. The first kappa shape index (κ1) is 25.6. The maximum absolute atomic E-state index is 5.86. The van der Waals surface area contributed by atoms with Crippen molar-refractivity contribution >= 4 is 11.0 Å². The highest BCUT2D eigenvalue weighted by atomic mass is 16.3. The minimum Gasteiger partial charge on any atom is -0.444 e. The third-order valence-electron chi connectivity index (χ3n) is 7.55. The van der Waals surface area contributed by atoms with E-state index in [1.165, 1.54) is 5.56 Å². The summed E-state index contributed by atoms with van der Waals surface area (Å²) in [4.78, 5) is 9.90. The van der Waals surface area contributed by atoms with Crippen molar-refractivity contribution in [1.82, 2.24) is 35.2 Å². The van der Waals surface area contributed by atoms with Gasteiger partial charge in [-0.05, 0) is 70.3 Å². The molecule has 206 valence electrons. The Labute approximate surface area is 243 Å². The van der Waals surface area contributed by atoms with Crippen LogP contribution in [0.5, 0.6) is 0 Å². The highest BCUT2D eigenvalue weighted by Crippen LogP contribution is 2.32. The topological polar surface area (TPSA) is 98.3 Å². The number of aryl methyl sites for hydroxylation is 2. The van der Waals surface area contributed by atoms with Gasteiger partial charge in [0.1, 0.15) is 17.8 Å². The molecule has 8 nitrogen and oxygen atoms in total. The number of benzene rings is 4. The minimum atomic E-state index is 0.616. The summed E-state index contributed by atoms with van der Waals surface area (Å²) in [5.41, 5.74) is 10.4. The number of hydrogen-bond donors (Lipinski definition) is 1. The second-order valence-corrected chi connectivity index (χ2v) is 10.4. The standard InChI is InChI=1S/C34H29N7O/c1-3-9-31-36-32-22(2)18-26(29-21-42-34(35-29)25-10-5-4-6-11-25)19-30(32)41(31)20-23-14-16-24(17-15-23)27-12-7-8-13-28(27)33-37-39-40-38-33/h4-8,10-19,21H,3,9,20H2,1-2H3,(H,37,38,39,40). The summed E-state index contributed by atoms with van der Waals surface area (Å²) in [7, 11) is 0. The number of nitrogens with one attached hydrogen (secondary N) is 1. The highest BCUT2D eigenvalue weighted by Gasteiger charge is 2.17. The fourth-order valence-electron chi connectivity index (χ4n) is 5.49. The quantitative estimate of drug-likeness (QED) is 0.210. The molecule has 0 aliphatic rings. The van der Waals surface area contributed by atoms with Crippen molar-refractivity contribution in [1.29, 1.82) is 0 Å². The van der Waals surface area contributed by atoms with Crippen LogP contribution in [0.4, 0.5) is 0 Å². The summed E-state index contributed by atoms with van der Waals surface area (Å²) in [6.45, 7) is 5.03. The molecule has 8 heteroatoms. The number of aromatic amines is 1. The third-order valence-corrected chi connectivity index (χ3v) is 7.55. The Morgan fingerprint density at radius 1 is 0.810 bits per heavy atom. The molecule has 0 aliphatic heterocycles. The Hall–Kier alpha value is -5.37. The van der Waals surface area contributed by atoms with E-state index >= 15 is 0 Å². The smallest absolute Gasteiger partial charge is 0.226 e. The number of rotatable bonds is 8. The molecular weight excluding hydrogens is 522 g/mol. The van der Waals surface area contributed by atoms with E-state index in [1.807, 2.05) is 48.5 Å². The van der Waals surface area contributed by atoms with Gasteiger partial charge < -0.3 is 8.98 Å². The van der Waals surface area contributed by atoms with Gasteiger partial charge in [-0.2, -0.15) is 0 Å². The number of nitrogens with zero attached hydrogens (tertiary/aromatic N) is 6. The average molecular weight is 552 g/mol. The molecule has 1 N–H and O–H groups in total. The van der Waals surface area contributed by atoms with Crippen LogP contribution in [-0.4, -0.2) is 35.2 Å². The van der Waals surface area contributed by atoms with Crippen molar-refractivity contribution in [3.63, 3.8) is 0 Å². The van der Waals surface area contributed by atoms with Crippen LogP contribution in [0.2, 0.25) is 0 Å². The summed E-state index contributed by atoms with van der Waals surface area (Å²) in [5.74, 6) is 2.35. The third kappa shape index (κ3) is 4.77. The molecule has 0 saturated carbocycles. The lowest BCUT2D eigenvalue weighted by molar-refractivity contribution is 0.575. The van der Waals surface area contributed by atoms with Gasteiger partial charge in [0.25, 0.3) is 0 Å². The number of tetrazole rings is 1. The lowest BCUT2D eigenvalue weighted by atomic mass is 9.98. The molecule has 0 saturated heterocycles. The fourth-order valence-corrected chi connectivity index (χ4v) is 5.49. The molecule has 0 fully saturated rings. The second kappa shape index (κ2) is 10.9. The van der Waals surface area contributed by atoms with Gasteiger partial charge in [-0.15, -0.1) is 5.10 Å². The van der Waals surface area contributed by atoms with Gasteiger partial charge in [-0.1, -0.05) is 73.7 Å². The number of H-pyrrole nitrogens is 1. The Morgan fingerprint density at radius 2 is 1.60 bits per heavy atom. The molecule has 0 amide bonds. The monoisotopic (exact) mass is 551 g/mol. The zero-order valence-corrected chi connectivity index (χ0v) is 23.5. The van der Waals surface area contributed by atoms with E-state index in [9.17, 15) is 0 Å². The molecule has 0 aliphatic carbocycles. The van der Waals surface area contributed by atoms with E-state index in [0.29, 0.717) is 11.7 Å². The summed E-state index contributed by atoms with van der Waals surface area (Å²) in [6.07, 6.45) is 3.66. The van der Waals surface area contributed by atoms with Crippen LogP contribution in [0, 0.1) is 6.92 Å². The largest absolute Gasteiger partial charge is 0.444 e. The van der Waals surface area contributed by atoms with E-state index in [0.717, 1.165) is 75.3 Å². The van der Waals surface area contributed by atoms with Crippen molar-refractivity contribution in [3.05, 3.63) is 114 Å². The molecule has 0 unspecified atom stereocenters. The molecular formula is C34H29N7O. The van der Waals surface area contributed by atoms with Crippen molar-refractivity contribution < 1.29 is 4.42 Å². The van der Waals surface area contributed by atoms with E-state index in [1.54, 1.807) is 6.26 Å². The second-order valence-electron chi connectivity index (χ2n) is 10.4. The van der Waals surface area contributed by atoms with E-state index in [4.69, 9.17) is 14.4 Å². The van der Waals surface area contributed by atoms with Gasteiger partial charge in [-0.25, -0.2) is 15.1 Å². The van der Waals surface area contributed by atoms with Gasteiger partial charge >= 0.3 is 0 Å². The molecule has 0 spiro atoms. The van der Waals surface area contributed by atoms with E-state index in [-0.39, 0.29) is 0 Å². The minimum absolute atomic E-state index is 0.616. The zero-order valence-electron chi connectivity index (χ0n) is 23.5. The number of oxazole rings is 1. The van der Waals surface area contributed by atoms with E-state index < -0.39 is 0 Å². The maximum atomic E-state index is 5.86. The van der Waals surface area contributed by atoms with Crippen molar-refractivity contribution in [2.45, 2.75) is 33.2 Å². The Kier molecular flexibility index (Phi) is 6.64. The Morgan fingerprint density at radius 3 is 2.36 bits per heavy atom. The number of imidazole rings is 1. The van der Waals surface area contributed by atoms with Gasteiger partial charge in [0.15, 0.2) is 5.82 Å². The molecule has 42 heavy (non-hydrogen) atoms. The van der Waals surface area contributed by atoms with E-state index in [2.05, 4.69) is 81.5 Å². The van der Waals surface area contributed by atoms with Crippen LogP contribution in [-0.2, 0) is 13.0 Å². The zero-order chi connectivity index (χ0) is 28.5. The lowest BCUT2D eigenvalue weighted by Gasteiger charge is -2.12. The molecule has 0 radical (unpaired) electrons. The van der Waals surface area contributed by atoms with Crippen molar-refractivity contribution in [3.8, 4) is 45.2 Å². The van der Waals surface area contributed by atoms with Crippen LogP contribution in [0.25, 0.3) is 56.3 Å². The van der Waals surface area contributed by atoms with Crippen molar-refractivity contribution in [2.24, 2.45) is 0 Å². The Bertz CT molecular complexity index is 1970. The van der Waals surface area contributed by atoms with Gasteiger partial charge in [0.2, 0.25) is 5.89 Å². The maximum Gasteiger partial charge on any atom is 0.226 e. The fraction of sp³-hybridized carbons (Fsp3) is 0.147. The molecule has 4 aromatic carbocycles. The van der Waals surface area contributed by atoms with Crippen LogP contribution in [0.3, 0.4) is 0 Å². The number of fused-ring (bicyclic) bond motifs is 1. The van der Waals surface area contributed by atoms with Crippen LogP contribution in [0.1, 0.15) is 30.3 Å². The normalized spacial score (nSPS) is 11.4. The molecule has 3 aromatic heterocycles. The van der Waals surface area contributed by atoms with Crippen LogP contribution in [0.15, 0.2) is 102 Å². The van der Waals surface area contributed by atoms with Crippen molar-refractivity contribution in [2.75, 3.05) is 0 Å². The van der Waals surface area contributed by atoms with Gasteiger partial charge in [0.05, 0.1) is 11.0 Å². The predicted octanol–water partition coefficient (Wildman–Crippen LogP) is 7.51. The SMILES string of the molecule is CCCc1nc2c(C)cc(-c3coc(-c4ccccc4)n3)cc2n1Cc1ccc(-c2ccccc2-c2nnn[nH]2)cc1. The summed E-state index contributed by atoms with van der Waals surface area (Å²) in [5, 5.41) is 14.5. The van der Waals surface area contributed by atoms with Crippen LogP contribution < -0.4 is 0 Å². The molecule has 0 bridgehead atoms. The lowest BCUT2D eigenvalue weighted by Crippen LogP contribution is -2.05.